The quantitative estimate of drug-likeness (QED) is 0.0320. The molecule has 0 fully saturated rings. The molecular weight excluding hydrogens is 923 g/mol. The van der Waals surface area contributed by atoms with Crippen molar-refractivity contribution in [3.8, 4) is 0 Å². The number of rotatable bonds is 65. The maximum atomic E-state index is 12.5. The van der Waals surface area contributed by atoms with Gasteiger partial charge in [0.05, 0.1) is 25.4 Å². The van der Waals surface area contributed by atoms with Crippen molar-refractivity contribution in [2.75, 3.05) is 13.2 Å². The molecule has 6 heteroatoms. The number of amides is 1. The van der Waals surface area contributed by atoms with Crippen molar-refractivity contribution in [2.24, 2.45) is 0 Å². The zero-order valence-corrected chi connectivity index (χ0v) is 51.1. The van der Waals surface area contributed by atoms with Gasteiger partial charge in [-0.1, -0.05) is 360 Å². The highest BCUT2D eigenvalue weighted by molar-refractivity contribution is 5.76. The number of ether oxygens (including phenoxy) is 1. The number of carbonyl (C=O) groups is 2. The van der Waals surface area contributed by atoms with Crippen molar-refractivity contribution in [1.82, 2.24) is 5.32 Å². The first-order valence-electron chi connectivity index (χ1n) is 34.5. The molecule has 0 aliphatic heterocycles. The molecule has 2 atom stereocenters. The molecule has 0 saturated carbocycles. The predicted molar refractivity (Wildman–Crippen MR) is 329 cm³/mol. The normalized spacial score (nSPS) is 12.5. The zero-order chi connectivity index (χ0) is 54.3. The summed E-state index contributed by atoms with van der Waals surface area (Å²) in [6, 6.07) is -0.625. The lowest BCUT2D eigenvalue weighted by Crippen LogP contribution is -2.45. The molecule has 3 N–H and O–H groups in total. The summed E-state index contributed by atoms with van der Waals surface area (Å²) in [5.41, 5.74) is 0. The van der Waals surface area contributed by atoms with Gasteiger partial charge in [-0.25, -0.2) is 0 Å². The minimum Gasteiger partial charge on any atom is -0.466 e. The van der Waals surface area contributed by atoms with Crippen molar-refractivity contribution in [1.29, 1.82) is 0 Å². The van der Waals surface area contributed by atoms with E-state index in [1.807, 2.05) is 6.08 Å². The lowest BCUT2D eigenvalue weighted by Gasteiger charge is -2.20. The Labute approximate surface area is 469 Å². The van der Waals surface area contributed by atoms with E-state index < -0.39 is 12.1 Å². The van der Waals surface area contributed by atoms with Crippen molar-refractivity contribution < 1.29 is 24.5 Å². The molecule has 0 bridgehead atoms. The van der Waals surface area contributed by atoms with Crippen LogP contribution in [0.3, 0.4) is 0 Å². The van der Waals surface area contributed by atoms with Gasteiger partial charge in [0.15, 0.2) is 0 Å². The Bertz CT molecular complexity index is 1130. The van der Waals surface area contributed by atoms with Gasteiger partial charge in [-0.2, -0.15) is 0 Å². The van der Waals surface area contributed by atoms with Crippen LogP contribution >= 0.6 is 0 Å². The summed E-state index contributed by atoms with van der Waals surface area (Å²) in [6.07, 6.45) is 80.0. The van der Waals surface area contributed by atoms with Gasteiger partial charge in [0.2, 0.25) is 5.91 Å². The Morgan fingerprint density at radius 3 is 0.907 bits per heavy atom. The molecule has 0 aromatic heterocycles. The molecule has 0 aromatic rings. The van der Waals surface area contributed by atoms with E-state index in [2.05, 4.69) is 19.2 Å². The van der Waals surface area contributed by atoms with Crippen LogP contribution < -0.4 is 5.32 Å². The molecule has 0 aliphatic rings. The Kier molecular flexibility index (Phi) is 63.9. The Balaban J connectivity index is 3.37. The number of aliphatic hydroxyl groups is 2. The highest BCUT2D eigenvalue weighted by Crippen LogP contribution is 2.19. The third kappa shape index (κ3) is 61.7. The Morgan fingerprint density at radius 1 is 0.360 bits per heavy atom. The van der Waals surface area contributed by atoms with Crippen LogP contribution in [0.5, 0.6) is 0 Å². The molecule has 2 unspecified atom stereocenters. The number of unbranched alkanes of at least 4 members (excludes halogenated alkanes) is 54. The topological polar surface area (TPSA) is 95.9 Å². The largest absolute Gasteiger partial charge is 0.466 e. The fourth-order valence-electron chi connectivity index (χ4n) is 11.1. The monoisotopic (exact) mass is 1060 g/mol. The number of esters is 1. The van der Waals surface area contributed by atoms with Gasteiger partial charge in [-0.05, 0) is 32.1 Å². The fourth-order valence-corrected chi connectivity index (χ4v) is 11.1. The van der Waals surface area contributed by atoms with Gasteiger partial charge >= 0.3 is 5.97 Å². The van der Waals surface area contributed by atoms with E-state index in [9.17, 15) is 19.8 Å². The number of allylic oxidation sites excluding steroid dienone is 1. The van der Waals surface area contributed by atoms with Gasteiger partial charge in [0.25, 0.3) is 0 Å². The highest BCUT2D eigenvalue weighted by Gasteiger charge is 2.18. The SMILES string of the molecule is CCCCCCCCCCCCCCCCCCC/C=C/C(O)C(CO)NC(=O)CCCCCCCCCCCCCCCCCCCCCCCCCCCCCOC(=O)CCCCCCCCCCCCCC. The van der Waals surface area contributed by atoms with Gasteiger partial charge in [0.1, 0.15) is 0 Å². The summed E-state index contributed by atoms with van der Waals surface area (Å²) in [5, 5.41) is 23.2. The van der Waals surface area contributed by atoms with Gasteiger partial charge in [0, 0.05) is 12.8 Å². The molecule has 0 radical (unpaired) electrons. The van der Waals surface area contributed by atoms with Crippen LogP contribution in [-0.2, 0) is 14.3 Å². The van der Waals surface area contributed by atoms with E-state index in [1.165, 1.54) is 327 Å². The second-order valence-electron chi connectivity index (χ2n) is 23.9. The van der Waals surface area contributed by atoms with Gasteiger partial charge < -0.3 is 20.3 Å². The van der Waals surface area contributed by atoms with Crippen LogP contribution in [-0.4, -0.2) is 47.4 Å². The third-order valence-electron chi connectivity index (χ3n) is 16.3. The standard InChI is InChI=1S/C69H135NO5/c1-3-5-7-9-11-13-15-17-18-19-29-32-35-38-41-45-49-53-57-61-67(72)66(65-71)70-68(73)62-58-54-50-46-42-39-36-33-30-27-25-23-21-20-22-24-26-28-31-34-37-40-44-48-52-56-60-64-75-69(74)63-59-55-51-47-43-16-14-12-10-8-6-4-2/h57,61,66-67,71-72H,3-56,58-60,62-65H2,1-2H3,(H,70,73)/b61-57+. The van der Waals surface area contributed by atoms with Crippen molar-refractivity contribution >= 4 is 11.9 Å². The highest BCUT2D eigenvalue weighted by atomic mass is 16.5. The first-order valence-corrected chi connectivity index (χ1v) is 34.5. The van der Waals surface area contributed by atoms with E-state index in [0.29, 0.717) is 19.4 Å². The lowest BCUT2D eigenvalue weighted by atomic mass is 10.0. The van der Waals surface area contributed by atoms with Crippen LogP contribution in [0.1, 0.15) is 393 Å². The van der Waals surface area contributed by atoms with Crippen LogP contribution in [0.15, 0.2) is 12.2 Å². The molecule has 75 heavy (non-hydrogen) atoms. The van der Waals surface area contributed by atoms with Crippen LogP contribution in [0.2, 0.25) is 0 Å². The van der Waals surface area contributed by atoms with E-state index in [1.54, 1.807) is 6.08 Å². The third-order valence-corrected chi connectivity index (χ3v) is 16.3. The van der Waals surface area contributed by atoms with Crippen LogP contribution in [0.25, 0.3) is 0 Å². The summed E-state index contributed by atoms with van der Waals surface area (Å²) >= 11 is 0. The molecule has 0 saturated heterocycles. The molecule has 1 amide bonds. The average molecular weight is 1060 g/mol. The second-order valence-corrected chi connectivity index (χ2v) is 23.9. The fraction of sp³-hybridized carbons (Fsp3) is 0.942. The summed E-state index contributed by atoms with van der Waals surface area (Å²) in [6.45, 7) is 4.94. The van der Waals surface area contributed by atoms with E-state index in [4.69, 9.17) is 4.74 Å². The molecule has 0 heterocycles. The Hall–Kier alpha value is -1.40. The van der Waals surface area contributed by atoms with E-state index in [-0.39, 0.29) is 18.5 Å². The summed E-state index contributed by atoms with van der Waals surface area (Å²) in [7, 11) is 0. The molecule has 0 aromatic carbocycles. The molecule has 0 aliphatic carbocycles. The zero-order valence-electron chi connectivity index (χ0n) is 51.1. The molecular formula is C69H135NO5. The average Bonchev–Trinajstić information content (AvgIpc) is 3.41. The van der Waals surface area contributed by atoms with E-state index in [0.717, 1.165) is 38.5 Å². The number of aliphatic hydroxyl groups excluding tert-OH is 2. The van der Waals surface area contributed by atoms with Crippen LogP contribution in [0.4, 0.5) is 0 Å². The molecule has 446 valence electrons. The minimum absolute atomic E-state index is 0.0192. The predicted octanol–water partition coefficient (Wildman–Crippen LogP) is 22.0. The van der Waals surface area contributed by atoms with Crippen LogP contribution in [0, 0.1) is 0 Å². The summed E-state index contributed by atoms with van der Waals surface area (Å²) in [4.78, 5) is 24.5. The van der Waals surface area contributed by atoms with Crippen molar-refractivity contribution in [3.63, 3.8) is 0 Å². The maximum Gasteiger partial charge on any atom is 0.305 e. The minimum atomic E-state index is -0.842. The smallest absolute Gasteiger partial charge is 0.305 e. The van der Waals surface area contributed by atoms with Gasteiger partial charge in [-0.15, -0.1) is 0 Å². The lowest BCUT2D eigenvalue weighted by molar-refractivity contribution is -0.143. The second kappa shape index (κ2) is 65.1. The molecule has 0 spiro atoms. The Morgan fingerprint density at radius 2 is 0.613 bits per heavy atom. The summed E-state index contributed by atoms with van der Waals surface area (Å²) in [5.74, 6) is -0.0420. The first-order chi connectivity index (χ1) is 37.0. The maximum absolute atomic E-state index is 12.5. The van der Waals surface area contributed by atoms with Gasteiger partial charge in [-0.3, -0.25) is 9.59 Å². The number of hydrogen-bond acceptors (Lipinski definition) is 5. The summed E-state index contributed by atoms with van der Waals surface area (Å²) < 4.78 is 5.48. The number of carbonyl (C=O) groups excluding carboxylic acids is 2. The first kappa shape index (κ1) is 73.6. The molecule has 6 nitrogen and oxygen atoms in total. The van der Waals surface area contributed by atoms with E-state index >= 15 is 0 Å². The van der Waals surface area contributed by atoms with Crippen molar-refractivity contribution in [3.05, 3.63) is 12.2 Å². The number of nitrogens with one attached hydrogen (secondary N) is 1. The van der Waals surface area contributed by atoms with Crippen molar-refractivity contribution in [2.45, 2.75) is 405 Å². The number of hydrogen-bond donors (Lipinski definition) is 3. The molecule has 0 rings (SSSR count).